The Morgan fingerprint density at radius 3 is 2.60 bits per heavy atom. The largest absolute Gasteiger partial charge is 0.497 e. The minimum Gasteiger partial charge on any atom is -0.497 e. The molecule has 0 aromatic heterocycles. The number of hydrogen-bond acceptors (Lipinski definition) is 3. The summed E-state index contributed by atoms with van der Waals surface area (Å²) in [5.41, 5.74) is 1.50. The van der Waals surface area contributed by atoms with Crippen molar-refractivity contribution in [3.63, 3.8) is 0 Å². The molecular weight excluding hydrogens is 276 g/mol. The van der Waals surface area contributed by atoms with Gasteiger partial charge in [-0.15, -0.1) is 0 Å². The molecule has 2 rings (SSSR count). The Hall–Kier alpha value is -2.00. The molecule has 0 atom stereocenters. The van der Waals surface area contributed by atoms with E-state index in [-0.39, 0.29) is 5.78 Å². The van der Waals surface area contributed by atoms with Gasteiger partial charge in [-0.3, -0.25) is 4.79 Å². The van der Waals surface area contributed by atoms with Gasteiger partial charge in [0.1, 0.15) is 18.1 Å². The van der Waals surface area contributed by atoms with Gasteiger partial charge in [-0.05, 0) is 42.8 Å². The number of carbonyl (C=O) groups excluding carboxylic acids is 1. The van der Waals surface area contributed by atoms with E-state index in [1.54, 1.807) is 25.3 Å². The second-order valence-electron chi connectivity index (χ2n) is 4.34. The first kappa shape index (κ1) is 14.4. The minimum atomic E-state index is -0.0608. The van der Waals surface area contributed by atoms with Gasteiger partial charge in [-0.1, -0.05) is 23.7 Å². The fourth-order valence-corrected chi connectivity index (χ4v) is 2.10. The standard InChI is InChI=1S/C16H15ClO3/c1-11(18)15-7-6-14(9-16(15)17)20-10-12-4-3-5-13(8-12)19-2/h3-9H,10H2,1-2H3. The molecule has 4 heteroatoms. The highest BCUT2D eigenvalue weighted by atomic mass is 35.5. The molecule has 0 saturated carbocycles. The maximum Gasteiger partial charge on any atom is 0.161 e. The predicted molar refractivity (Wildman–Crippen MR) is 78.8 cm³/mol. The Bertz CT molecular complexity index is 623. The van der Waals surface area contributed by atoms with Crippen LogP contribution in [0.25, 0.3) is 0 Å². The van der Waals surface area contributed by atoms with Crippen molar-refractivity contribution in [2.24, 2.45) is 0 Å². The lowest BCUT2D eigenvalue weighted by molar-refractivity contribution is 0.101. The van der Waals surface area contributed by atoms with E-state index in [0.717, 1.165) is 11.3 Å². The van der Waals surface area contributed by atoms with E-state index < -0.39 is 0 Å². The van der Waals surface area contributed by atoms with Crippen molar-refractivity contribution in [2.75, 3.05) is 7.11 Å². The van der Waals surface area contributed by atoms with E-state index in [0.29, 0.717) is 22.9 Å². The van der Waals surface area contributed by atoms with Crippen LogP contribution in [0, 0.1) is 0 Å². The lowest BCUT2D eigenvalue weighted by atomic mass is 10.1. The molecule has 0 bridgehead atoms. The summed E-state index contributed by atoms with van der Waals surface area (Å²) in [5, 5.41) is 0.403. The maximum atomic E-state index is 11.3. The first-order valence-corrected chi connectivity index (χ1v) is 6.54. The molecule has 20 heavy (non-hydrogen) atoms. The van der Waals surface area contributed by atoms with Gasteiger partial charge in [0, 0.05) is 5.56 Å². The number of ether oxygens (including phenoxy) is 2. The Morgan fingerprint density at radius 1 is 1.15 bits per heavy atom. The molecule has 104 valence electrons. The molecule has 3 nitrogen and oxygen atoms in total. The zero-order valence-electron chi connectivity index (χ0n) is 11.4. The van der Waals surface area contributed by atoms with Gasteiger partial charge < -0.3 is 9.47 Å². The summed E-state index contributed by atoms with van der Waals surface area (Å²) in [4.78, 5) is 11.3. The molecule has 0 fully saturated rings. The van der Waals surface area contributed by atoms with Crippen molar-refractivity contribution in [1.82, 2.24) is 0 Å². The highest BCUT2D eigenvalue weighted by Gasteiger charge is 2.07. The van der Waals surface area contributed by atoms with E-state index >= 15 is 0 Å². The van der Waals surface area contributed by atoms with Crippen molar-refractivity contribution in [3.8, 4) is 11.5 Å². The van der Waals surface area contributed by atoms with Crippen molar-refractivity contribution >= 4 is 17.4 Å². The normalized spacial score (nSPS) is 10.2. The molecule has 0 radical (unpaired) electrons. The zero-order valence-corrected chi connectivity index (χ0v) is 12.1. The van der Waals surface area contributed by atoms with Crippen LogP contribution < -0.4 is 9.47 Å². The molecule has 0 aliphatic rings. The molecule has 0 aliphatic carbocycles. The van der Waals surface area contributed by atoms with Crippen LogP contribution in [0.1, 0.15) is 22.8 Å². The van der Waals surface area contributed by atoms with Crippen LogP contribution in [0.2, 0.25) is 5.02 Å². The number of rotatable bonds is 5. The summed E-state index contributed by atoms with van der Waals surface area (Å²) in [5.74, 6) is 1.35. The van der Waals surface area contributed by atoms with Gasteiger partial charge in [0.25, 0.3) is 0 Å². The average Bonchev–Trinajstić information content (AvgIpc) is 2.45. The Labute approximate surface area is 123 Å². The van der Waals surface area contributed by atoms with E-state index in [1.165, 1.54) is 6.92 Å². The first-order chi connectivity index (χ1) is 9.60. The highest BCUT2D eigenvalue weighted by Crippen LogP contribution is 2.24. The van der Waals surface area contributed by atoms with E-state index in [4.69, 9.17) is 21.1 Å². The second kappa shape index (κ2) is 6.44. The average molecular weight is 291 g/mol. The lowest BCUT2D eigenvalue weighted by Gasteiger charge is -2.09. The number of ketones is 1. The van der Waals surface area contributed by atoms with Crippen LogP contribution in [0.15, 0.2) is 42.5 Å². The van der Waals surface area contributed by atoms with Crippen LogP contribution in [0.3, 0.4) is 0 Å². The lowest BCUT2D eigenvalue weighted by Crippen LogP contribution is -1.98. The number of hydrogen-bond donors (Lipinski definition) is 0. The number of methoxy groups -OCH3 is 1. The van der Waals surface area contributed by atoms with Crippen molar-refractivity contribution in [1.29, 1.82) is 0 Å². The predicted octanol–water partition coefficient (Wildman–Crippen LogP) is 4.13. The van der Waals surface area contributed by atoms with Gasteiger partial charge in [0.15, 0.2) is 5.78 Å². The quantitative estimate of drug-likeness (QED) is 0.777. The Kier molecular flexibility index (Phi) is 4.64. The second-order valence-corrected chi connectivity index (χ2v) is 4.75. The molecule has 0 amide bonds. The van der Waals surface area contributed by atoms with E-state index in [1.807, 2.05) is 24.3 Å². The number of halogens is 1. The smallest absolute Gasteiger partial charge is 0.161 e. The molecule has 0 N–H and O–H groups in total. The van der Waals surface area contributed by atoms with Crippen LogP contribution in [0.4, 0.5) is 0 Å². The van der Waals surface area contributed by atoms with Crippen LogP contribution in [-0.2, 0) is 6.61 Å². The summed E-state index contributed by atoms with van der Waals surface area (Å²) in [6.45, 7) is 1.89. The summed E-state index contributed by atoms with van der Waals surface area (Å²) >= 11 is 6.03. The van der Waals surface area contributed by atoms with Crippen LogP contribution >= 0.6 is 11.6 Å². The van der Waals surface area contributed by atoms with Gasteiger partial charge in [0.05, 0.1) is 12.1 Å². The summed E-state index contributed by atoms with van der Waals surface area (Å²) in [6.07, 6.45) is 0. The van der Waals surface area contributed by atoms with Crippen LogP contribution in [0.5, 0.6) is 11.5 Å². The van der Waals surface area contributed by atoms with Gasteiger partial charge >= 0.3 is 0 Å². The third kappa shape index (κ3) is 3.52. The fraction of sp³-hybridized carbons (Fsp3) is 0.188. The molecule has 0 saturated heterocycles. The van der Waals surface area contributed by atoms with Gasteiger partial charge in [0.2, 0.25) is 0 Å². The Morgan fingerprint density at radius 2 is 1.95 bits per heavy atom. The third-order valence-corrected chi connectivity index (χ3v) is 3.17. The van der Waals surface area contributed by atoms with Crippen LogP contribution in [-0.4, -0.2) is 12.9 Å². The summed E-state index contributed by atoms with van der Waals surface area (Å²) in [7, 11) is 1.63. The Balaban J connectivity index is 2.07. The van der Waals surface area contributed by atoms with Crippen molar-refractivity contribution in [3.05, 3.63) is 58.6 Å². The number of carbonyl (C=O) groups is 1. The number of benzene rings is 2. The SMILES string of the molecule is COc1cccc(COc2ccc(C(C)=O)c(Cl)c2)c1. The molecule has 2 aromatic carbocycles. The van der Waals surface area contributed by atoms with Crippen molar-refractivity contribution < 1.29 is 14.3 Å². The molecule has 0 aliphatic heterocycles. The first-order valence-electron chi connectivity index (χ1n) is 6.16. The molecule has 0 spiro atoms. The van der Waals surface area contributed by atoms with E-state index in [2.05, 4.69) is 0 Å². The highest BCUT2D eigenvalue weighted by molar-refractivity contribution is 6.34. The van der Waals surface area contributed by atoms with Gasteiger partial charge in [-0.2, -0.15) is 0 Å². The molecule has 0 unspecified atom stereocenters. The van der Waals surface area contributed by atoms with E-state index in [9.17, 15) is 4.79 Å². The van der Waals surface area contributed by atoms with Gasteiger partial charge in [-0.25, -0.2) is 0 Å². The zero-order chi connectivity index (χ0) is 14.5. The maximum absolute atomic E-state index is 11.3. The van der Waals surface area contributed by atoms with Crippen molar-refractivity contribution in [2.45, 2.75) is 13.5 Å². The number of Topliss-reactive ketones (excluding diaryl/α,β-unsaturated/α-hetero) is 1. The monoisotopic (exact) mass is 290 g/mol. The molecule has 2 aromatic rings. The fourth-order valence-electron chi connectivity index (χ4n) is 1.80. The summed E-state index contributed by atoms with van der Waals surface area (Å²) in [6, 6.07) is 12.7. The molecular formula is C16H15ClO3. The third-order valence-electron chi connectivity index (χ3n) is 2.86. The molecule has 0 heterocycles. The summed E-state index contributed by atoms with van der Waals surface area (Å²) < 4.78 is 10.8. The topological polar surface area (TPSA) is 35.5 Å². The minimum absolute atomic E-state index is 0.0608.